The van der Waals surface area contributed by atoms with Gasteiger partial charge in [0, 0.05) is 30.4 Å². The molecule has 0 bridgehead atoms. The van der Waals surface area contributed by atoms with Crippen LogP contribution in [0.25, 0.3) is 0 Å². The largest absolute Gasteiger partial charge is 0.325 e. The van der Waals surface area contributed by atoms with Crippen LogP contribution >= 0.6 is 11.6 Å². The molecule has 2 aromatic rings. The van der Waals surface area contributed by atoms with E-state index in [0.29, 0.717) is 11.3 Å². The molecule has 1 aromatic heterocycles. The Kier molecular flexibility index (Phi) is 4.46. The number of nitrogens with zero attached hydrogens (tertiary/aromatic N) is 2. The molecule has 0 aliphatic heterocycles. The number of benzene rings is 1. The van der Waals surface area contributed by atoms with Crippen LogP contribution in [0.4, 0.5) is 11.4 Å². The fourth-order valence-corrected chi connectivity index (χ4v) is 1.81. The molecule has 8 heteroatoms. The highest BCUT2D eigenvalue weighted by atomic mass is 35.5. The summed E-state index contributed by atoms with van der Waals surface area (Å²) in [6.45, 7) is 0.207. The quantitative estimate of drug-likeness (QED) is 0.665. The Bertz CT molecular complexity index is 706. The van der Waals surface area contributed by atoms with Crippen LogP contribution in [0.1, 0.15) is 16.1 Å². The second kappa shape index (κ2) is 6.29. The summed E-state index contributed by atoms with van der Waals surface area (Å²) < 4.78 is 0. The Morgan fingerprint density at radius 1 is 1.38 bits per heavy atom. The molecule has 0 saturated carbocycles. The molecule has 1 aromatic carbocycles. The summed E-state index contributed by atoms with van der Waals surface area (Å²) in [4.78, 5) is 26.3. The lowest BCUT2D eigenvalue weighted by atomic mass is 10.2. The van der Waals surface area contributed by atoms with Gasteiger partial charge in [-0.05, 0) is 18.2 Å². The third kappa shape index (κ3) is 3.53. The van der Waals surface area contributed by atoms with Crippen molar-refractivity contribution >= 4 is 28.9 Å². The van der Waals surface area contributed by atoms with E-state index in [9.17, 15) is 14.9 Å². The van der Waals surface area contributed by atoms with Gasteiger partial charge in [0.2, 0.25) is 0 Å². The van der Waals surface area contributed by atoms with Crippen molar-refractivity contribution in [2.24, 2.45) is 5.73 Å². The van der Waals surface area contributed by atoms with Crippen molar-refractivity contribution in [2.45, 2.75) is 6.54 Å². The first-order valence-corrected chi connectivity index (χ1v) is 6.29. The van der Waals surface area contributed by atoms with Crippen molar-refractivity contribution in [3.05, 3.63) is 62.9 Å². The minimum atomic E-state index is -0.565. The number of nitro groups is 1. The molecule has 1 amide bonds. The number of hydrogen-bond acceptors (Lipinski definition) is 5. The summed E-state index contributed by atoms with van der Waals surface area (Å²) in [6, 6.07) is 6.87. The van der Waals surface area contributed by atoms with E-state index in [1.165, 1.54) is 30.5 Å². The Labute approximate surface area is 124 Å². The van der Waals surface area contributed by atoms with Gasteiger partial charge < -0.3 is 11.1 Å². The van der Waals surface area contributed by atoms with Crippen LogP contribution in [0.2, 0.25) is 5.02 Å². The van der Waals surface area contributed by atoms with Crippen molar-refractivity contribution in [3.8, 4) is 0 Å². The lowest BCUT2D eigenvalue weighted by Gasteiger charge is -2.07. The van der Waals surface area contributed by atoms with Gasteiger partial charge in [0.05, 0.1) is 21.3 Å². The Hall–Kier alpha value is -2.51. The van der Waals surface area contributed by atoms with E-state index in [4.69, 9.17) is 17.3 Å². The van der Waals surface area contributed by atoms with Crippen LogP contribution in [0.5, 0.6) is 0 Å². The Morgan fingerprint density at radius 2 is 2.14 bits per heavy atom. The number of non-ortho nitro benzene ring substituents is 1. The summed E-state index contributed by atoms with van der Waals surface area (Å²) in [5, 5.41) is 13.5. The normalized spacial score (nSPS) is 10.2. The van der Waals surface area contributed by atoms with Crippen molar-refractivity contribution in [1.29, 1.82) is 0 Å². The number of rotatable bonds is 4. The zero-order valence-corrected chi connectivity index (χ0v) is 11.5. The van der Waals surface area contributed by atoms with Gasteiger partial charge in [0.15, 0.2) is 0 Å². The average Bonchev–Trinajstić information content (AvgIpc) is 2.49. The maximum absolute atomic E-state index is 12.1. The number of nitrogens with one attached hydrogen (secondary N) is 1. The maximum Gasteiger partial charge on any atom is 0.271 e. The Balaban J connectivity index is 2.26. The molecular weight excluding hydrogens is 296 g/mol. The number of hydrogen-bond donors (Lipinski definition) is 2. The molecule has 0 aliphatic carbocycles. The van der Waals surface area contributed by atoms with Crippen LogP contribution in [-0.4, -0.2) is 15.8 Å². The molecule has 7 nitrogen and oxygen atoms in total. The molecule has 21 heavy (non-hydrogen) atoms. The van der Waals surface area contributed by atoms with Crippen LogP contribution in [0.15, 0.2) is 36.5 Å². The molecule has 0 spiro atoms. The summed E-state index contributed by atoms with van der Waals surface area (Å²) in [5.74, 6) is -0.450. The number of nitrogens with two attached hydrogens (primary N) is 1. The van der Waals surface area contributed by atoms with Gasteiger partial charge in [-0.2, -0.15) is 0 Å². The second-order valence-electron chi connectivity index (χ2n) is 4.12. The van der Waals surface area contributed by atoms with Gasteiger partial charge in [0.1, 0.15) is 0 Å². The van der Waals surface area contributed by atoms with Crippen molar-refractivity contribution in [1.82, 2.24) is 4.98 Å². The van der Waals surface area contributed by atoms with E-state index in [1.54, 1.807) is 6.07 Å². The molecule has 0 unspecified atom stereocenters. The smallest absolute Gasteiger partial charge is 0.271 e. The number of aromatic nitrogens is 1. The highest BCUT2D eigenvalue weighted by Crippen LogP contribution is 2.27. The molecule has 0 atom stereocenters. The third-order valence-corrected chi connectivity index (χ3v) is 3.03. The second-order valence-corrected chi connectivity index (χ2v) is 4.52. The number of pyridine rings is 1. The fourth-order valence-electron chi connectivity index (χ4n) is 1.65. The van der Waals surface area contributed by atoms with E-state index in [0.717, 1.165) is 0 Å². The van der Waals surface area contributed by atoms with Crippen molar-refractivity contribution in [2.75, 3.05) is 5.32 Å². The van der Waals surface area contributed by atoms with E-state index in [-0.39, 0.29) is 22.9 Å². The maximum atomic E-state index is 12.1. The third-order valence-electron chi connectivity index (χ3n) is 2.70. The summed E-state index contributed by atoms with van der Waals surface area (Å²) in [7, 11) is 0. The first-order chi connectivity index (χ1) is 10.0. The zero-order valence-electron chi connectivity index (χ0n) is 10.7. The van der Waals surface area contributed by atoms with E-state index in [1.807, 2.05) is 0 Å². The molecular formula is C13H11ClN4O3. The highest BCUT2D eigenvalue weighted by molar-refractivity contribution is 6.34. The summed E-state index contributed by atoms with van der Waals surface area (Å²) in [6.07, 6.45) is 1.46. The lowest BCUT2D eigenvalue weighted by Crippen LogP contribution is -2.13. The Morgan fingerprint density at radius 3 is 2.81 bits per heavy atom. The number of carbonyl (C=O) groups is 1. The van der Waals surface area contributed by atoms with E-state index < -0.39 is 10.8 Å². The van der Waals surface area contributed by atoms with Gasteiger partial charge >= 0.3 is 0 Å². The number of amides is 1. The van der Waals surface area contributed by atoms with E-state index in [2.05, 4.69) is 10.3 Å². The SMILES string of the molecule is NCc1cc(C(=O)Nc2cc([N+](=O)[O-])ccc2Cl)ccn1. The number of halogens is 1. The van der Waals surface area contributed by atoms with Crippen molar-refractivity contribution in [3.63, 3.8) is 0 Å². The first kappa shape index (κ1) is 14.9. The number of carbonyl (C=O) groups excluding carboxylic acids is 1. The van der Waals surface area contributed by atoms with Gasteiger partial charge in [-0.1, -0.05) is 11.6 Å². The van der Waals surface area contributed by atoms with Crippen LogP contribution in [0.3, 0.4) is 0 Å². The highest BCUT2D eigenvalue weighted by Gasteiger charge is 2.13. The number of anilines is 1. The van der Waals surface area contributed by atoms with Crippen LogP contribution in [-0.2, 0) is 6.54 Å². The van der Waals surface area contributed by atoms with Gasteiger partial charge in [-0.15, -0.1) is 0 Å². The molecule has 1 heterocycles. The average molecular weight is 307 g/mol. The zero-order chi connectivity index (χ0) is 15.4. The minimum Gasteiger partial charge on any atom is -0.325 e. The van der Waals surface area contributed by atoms with Gasteiger partial charge in [0.25, 0.3) is 11.6 Å². The predicted octanol–water partition coefficient (Wildman–Crippen LogP) is 2.35. The van der Waals surface area contributed by atoms with Crippen LogP contribution < -0.4 is 11.1 Å². The fraction of sp³-hybridized carbons (Fsp3) is 0.0769. The summed E-state index contributed by atoms with van der Waals surface area (Å²) >= 11 is 5.92. The molecule has 0 aliphatic rings. The van der Waals surface area contributed by atoms with Gasteiger partial charge in [-0.25, -0.2) is 0 Å². The molecule has 108 valence electrons. The molecule has 3 N–H and O–H groups in total. The van der Waals surface area contributed by atoms with Crippen LogP contribution in [0, 0.1) is 10.1 Å². The standard InChI is InChI=1S/C13H11ClN4O3/c14-11-2-1-10(18(20)21)6-12(11)17-13(19)8-3-4-16-9(5-8)7-15/h1-6H,7,15H2,(H,17,19). The minimum absolute atomic E-state index is 0.160. The molecule has 0 saturated heterocycles. The first-order valence-electron chi connectivity index (χ1n) is 5.91. The van der Waals surface area contributed by atoms with E-state index >= 15 is 0 Å². The molecule has 2 rings (SSSR count). The van der Waals surface area contributed by atoms with Gasteiger partial charge in [-0.3, -0.25) is 19.9 Å². The monoisotopic (exact) mass is 306 g/mol. The lowest BCUT2D eigenvalue weighted by molar-refractivity contribution is -0.384. The molecule has 0 radical (unpaired) electrons. The van der Waals surface area contributed by atoms with Crippen molar-refractivity contribution < 1.29 is 9.72 Å². The predicted molar refractivity (Wildman–Crippen MR) is 78.2 cm³/mol. The topological polar surface area (TPSA) is 111 Å². The summed E-state index contributed by atoms with van der Waals surface area (Å²) in [5.41, 5.74) is 6.37. The number of nitro benzene ring substituents is 1. The molecule has 0 fully saturated rings.